The highest BCUT2D eigenvalue weighted by atomic mass is 32.1. The van der Waals surface area contributed by atoms with E-state index in [1.807, 2.05) is 0 Å². The van der Waals surface area contributed by atoms with Crippen molar-refractivity contribution in [3.63, 3.8) is 0 Å². The SMILES string of the molecule is CC(C)(C)OC(=O)Nc1ncc([C@@H]2O[C@H](CO)[C@@H](O)[C@H]2O)s1. The summed E-state index contributed by atoms with van der Waals surface area (Å²) in [5.74, 6) is 0. The Hall–Kier alpha value is -1.26. The molecule has 1 saturated heterocycles. The second-order valence-electron chi connectivity index (χ2n) is 5.95. The molecule has 1 aliphatic rings. The number of rotatable bonds is 3. The lowest BCUT2D eigenvalue weighted by atomic mass is 10.1. The van der Waals surface area contributed by atoms with E-state index in [4.69, 9.17) is 14.6 Å². The third kappa shape index (κ3) is 3.93. The highest BCUT2D eigenvalue weighted by Crippen LogP contribution is 2.37. The predicted molar refractivity (Wildman–Crippen MR) is 78.7 cm³/mol. The van der Waals surface area contributed by atoms with Crippen LogP contribution in [0.15, 0.2) is 6.20 Å². The fourth-order valence-corrected chi connectivity index (χ4v) is 2.88. The number of hydrogen-bond acceptors (Lipinski definition) is 8. The van der Waals surface area contributed by atoms with Gasteiger partial charge in [0, 0.05) is 6.20 Å². The first-order chi connectivity index (χ1) is 10.2. The molecular formula is C13H20N2O6S. The van der Waals surface area contributed by atoms with Gasteiger partial charge in [-0.1, -0.05) is 11.3 Å². The van der Waals surface area contributed by atoms with Crippen LogP contribution in [0.1, 0.15) is 31.8 Å². The molecule has 124 valence electrons. The van der Waals surface area contributed by atoms with E-state index in [-0.39, 0.29) is 0 Å². The second kappa shape index (κ2) is 6.47. The molecule has 1 fully saturated rings. The first-order valence-corrected chi connectivity index (χ1v) is 7.61. The van der Waals surface area contributed by atoms with Crippen molar-refractivity contribution in [2.45, 2.75) is 50.8 Å². The van der Waals surface area contributed by atoms with Crippen molar-refractivity contribution in [2.75, 3.05) is 11.9 Å². The van der Waals surface area contributed by atoms with Gasteiger partial charge in [0.2, 0.25) is 0 Å². The minimum absolute atomic E-state index is 0.294. The second-order valence-corrected chi connectivity index (χ2v) is 7.02. The van der Waals surface area contributed by atoms with Gasteiger partial charge in [0.15, 0.2) is 5.13 Å². The van der Waals surface area contributed by atoms with Crippen molar-refractivity contribution in [3.8, 4) is 0 Å². The van der Waals surface area contributed by atoms with Gasteiger partial charge in [-0.2, -0.15) is 0 Å². The van der Waals surface area contributed by atoms with E-state index in [9.17, 15) is 15.0 Å². The maximum absolute atomic E-state index is 11.7. The summed E-state index contributed by atoms with van der Waals surface area (Å²) in [5, 5.41) is 31.5. The third-order valence-corrected chi connectivity index (χ3v) is 3.93. The molecule has 2 rings (SSSR count). The molecule has 1 aromatic rings. The number of nitrogens with zero attached hydrogens (tertiary/aromatic N) is 1. The molecule has 1 aromatic heterocycles. The molecule has 0 saturated carbocycles. The van der Waals surface area contributed by atoms with E-state index in [0.717, 1.165) is 11.3 Å². The van der Waals surface area contributed by atoms with E-state index < -0.39 is 42.7 Å². The van der Waals surface area contributed by atoms with Crippen LogP contribution in [0.25, 0.3) is 0 Å². The average molecular weight is 332 g/mol. The van der Waals surface area contributed by atoms with E-state index in [0.29, 0.717) is 10.0 Å². The summed E-state index contributed by atoms with van der Waals surface area (Å²) in [6.07, 6.45) is -3.15. The summed E-state index contributed by atoms with van der Waals surface area (Å²) in [6.45, 7) is 4.85. The van der Waals surface area contributed by atoms with Crippen LogP contribution < -0.4 is 5.32 Å². The molecule has 0 spiro atoms. The molecule has 4 atom stereocenters. The molecule has 0 unspecified atom stereocenters. The Morgan fingerprint density at radius 2 is 2.14 bits per heavy atom. The molecule has 0 radical (unpaired) electrons. The Morgan fingerprint density at radius 3 is 2.68 bits per heavy atom. The smallest absolute Gasteiger partial charge is 0.413 e. The molecular weight excluding hydrogens is 312 g/mol. The Bertz CT molecular complexity index is 529. The highest BCUT2D eigenvalue weighted by Gasteiger charge is 2.43. The number of nitrogens with one attached hydrogen (secondary N) is 1. The maximum atomic E-state index is 11.7. The maximum Gasteiger partial charge on any atom is 0.413 e. The van der Waals surface area contributed by atoms with Gasteiger partial charge in [-0.15, -0.1) is 0 Å². The number of aromatic nitrogens is 1. The summed E-state index contributed by atoms with van der Waals surface area (Å²) >= 11 is 1.10. The number of amides is 1. The number of aliphatic hydroxyl groups is 3. The van der Waals surface area contributed by atoms with Crippen molar-refractivity contribution in [2.24, 2.45) is 0 Å². The number of aliphatic hydroxyl groups excluding tert-OH is 3. The predicted octanol–water partition coefficient (Wildman–Crippen LogP) is 0.644. The van der Waals surface area contributed by atoms with Crippen LogP contribution in [0.2, 0.25) is 0 Å². The monoisotopic (exact) mass is 332 g/mol. The van der Waals surface area contributed by atoms with E-state index in [1.165, 1.54) is 6.20 Å². The van der Waals surface area contributed by atoms with E-state index >= 15 is 0 Å². The van der Waals surface area contributed by atoms with Crippen molar-refractivity contribution < 1.29 is 29.6 Å². The quantitative estimate of drug-likeness (QED) is 0.641. The number of thiazole rings is 1. The van der Waals surface area contributed by atoms with Crippen LogP contribution in [-0.4, -0.2) is 56.9 Å². The van der Waals surface area contributed by atoms with Crippen molar-refractivity contribution in [1.29, 1.82) is 0 Å². The summed E-state index contributed by atoms with van der Waals surface area (Å²) in [6, 6.07) is 0. The Morgan fingerprint density at radius 1 is 1.45 bits per heavy atom. The van der Waals surface area contributed by atoms with Crippen LogP contribution in [0.3, 0.4) is 0 Å². The van der Waals surface area contributed by atoms with Crippen LogP contribution >= 0.6 is 11.3 Å². The summed E-state index contributed by atoms with van der Waals surface area (Å²) in [7, 11) is 0. The molecule has 1 aliphatic heterocycles. The summed E-state index contributed by atoms with van der Waals surface area (Å²) < 4.78 is 10.5. The first kappa shape index (κ1) is 17.1. The largest absolute Gasteiger partial charge is 0.444 e. The van der Waals surface area contributed by atoms with Crippen molar-refractivity contribution in [3.05, 3.63) is 11.1 Å². The van der Waals surface area contributed by atoms with Gasteiger partial charge in [-0.3, -0.25) is 5.32 Å². The lowest BCUT2D eigenvalue weighted by molar-refractivity contribution is -0.0218. The van der Waals surface area contributed by atoms with Gasteiger partial charge >= 0.3 is 6.09 Å². The molecule has 0 bridgehead atoms. The zero-order valence-corrected chi connectivity index (χ0v) is 13.3. The topological polar surface area (TPSA) is 121 Å². The average Bonchev–Trinajstić information content (AvgIpc) is 2.94. The fourth-order valence-electron chi connectivity index (χ4n) is 2.00. The van der Waals surface area contributed by atoms with E-state index in [2.05, 4.69) is 10.3 Å². The minimum Gasteiger partial charge on any atom is -0.444 e. The van der Waals surface area contributed by atoms with Crippen LogP contribution in [0, 0.1) is 0 Å². The normalized spacial score (nSPS) is 28.6. The molecule has 9 heteroatoms. The Labute approximate surface area is 131 Å². The van der Waals surface area contributed by atoms with Gasteiger partial charge in [-0.25, -0.2) is 9.78 Å². The fraction of sp³-hybridized carbons (Fsp3) is 0.692. The lowest BCUT2D eigenvalue weighted by Crippen LogP contribution is -2.32. The van der Waals surface area contributed by atoms with Crippen molar-refractivity contribution >= 4 is 22.6 Å². The third-order valence-electron chi connectivity index (χ3n) is 2.95. The van der Waals surface area contributed by atoms with E-state index in [1.54, 1.807) is 20.8 Å². The molecule has 8 nitrogen and oxygen atoms in total. The number of anilines is 1. The summed E-state index contributed by atoms with van der Waals surface area (Å²) in [5.41, 5.74) is -0.618. The highest BCUT2D eigenvalue weighted by molar-refractivity contribution is 7.15. The number of hydrogen-bond donors (Lipinski definition) is 4. The molecule has 0 aromatic carbocycles. The Balaban J connectivity index is 2.01. The number of carbonyl (C=O) groups excluding carboxylic acids is 1. The molecule has 2 heterocycles. The van der Waals surface area contributed by atoms with Crippen molar-refractivity contribution in [1.82, 2.24) is 4.98 Å². The number of ether oxygens (including phenoxy) is 2. The Kier molecular flexibility index (Phi) is 5.03. The van der Waals surface area contributed by atoms with Crippen LogP contribution in [0.4, 0.5) is 9.93 Å². The van der Waals surface area contributed by atoms with Gasteiger partial charge < -0.3 is 24.8 Å². The van der Waals surface area contributed by atoms with Crippen LogP contribution in [0.5, 0.6) is 0 Å². The molecule has 0 aliphatic carbocycles. The summed E-state index contributed by atoms with van der Waals surface area (Å²) in [4.78, 5) is 16.2. The molecule has 4 N–H and O–H groups in total. The molecule has 22 heavy (non-hydrogen) atoms. The zero-order valence-electron chi connectivity index (χ0n) is 12.5. The van der Waals surface area contributed by atoms with Gasteiger partial charge in [0.05, 0.1) is 11.5 Å². The number of carbonyl (C=O) groups is 1. The molecule has 1 amide bonds. The standard InChI is InChI=1S/C13H20N2O6S/c1-13(2,3)21-12(19)15-11-14-4-7(22-11)10-9(18)8(17)6(5-16)20-10/h4,6,8-10,16-18H,5H2,1-3H3,(H,14,15,19)/t6-,8-,9-,10+/m1/s1. The first-order valence-electron chi connectivity index (χ1n) is 6.79. The van der Waals surface area contributed by atoms with Gasteiger partial charge in [0.1, 0.15) is 30.0 Å². The zero-order chi connectivity index (χ0) is 16.5. The lowest BCUT2D eigenvalue weighted by Gasteiger charge is -2.18. The minimum atomic E-state index is -1.17. The van der Waals surface area contributed by atoms with Gasteiger partial charge in [-0.05, 0) is 20.8 Å². The van der Waals surface area contributed by atoms with Gasteiger partial charge in [0.25, 0.3) is 0 Å². The van der Waals surface area contributed by atoms with Crippen LogP contribution in [-0.2, 0) is 9.47 Å².